The number of aromatic nitrogens is 2. The summed E-state index contributed by atoms with van der Waals surface area (Å²) >= 11 is 1.91. The van der Waals surface area contributed by atoms with Crippen LogP contribution >= 0.6 is 11.3 Å². The lowest BCUT2D eigenvalue weighted by Gasteiger charge is -2.11. The molecule has 0 unspecified atom stereocenters. The van der Waals surface area contributed by atoms with Crippen molar-refractivity contribution in [1.82, 2.24) is 9.13 Å². The lowest BCUT2D eigenvalue weighted by Crippen LogP contribution is -1.95. The number of thiophene rings is 1. The molecule has 0 aliphatic rings. The second kappa shape index (κ2) is 9.58. The van der Waals surface area contributed by atoms with Gasteiger partial charge in [0.1, 0.15) is 11.2 Å². The second-order valence-corrected chi connectivity index (χ2v) is 15.1. The van der Waals surface area contributed by atoms with E-state index in [2.05, 4.69) is 161 Å². The minimum atomic E-state index is 0.912. The van der Waals surface area contributed by atoms with E-state index >= 15 is 0 Å². The third-order valence-corrected chi connectivity index (χ3v) is 12.6. The van der Waals surface area contributed by atoms with Crippen molar-refractivity contribution < 1.29 is 4.42 Å². The molecule has 13 rings (SSSR count). The van der Waals surface area contributed by atoms with Gasteiger partial charge in [0.15, 0.2) is 0 Å². The molecule has 4 heterocycles. The summed E-state index contributed by atoms with van der Waals surface area (Å²) in [6.45, 7) is 0. The third-order valence-electron chi connectivity index (χ3n) is 11.4. The van der Waals surface area contributed by atoms with E-state index in [1.54, 1.807) is 0 Å². The van der Waals surface area contributed by atoms with Crippen LogP contribution in [0.15, 0.2) is 162 Å². The predicted octanol–water partition coefficient (Wildman–Crippen LogP) is 13.8. The van der Waals surface area contributed by atoms with Crippen LogP contribution in [0.1, 0.15) is 0 Å². The lowest BCUT2D eigenvalue weighted by atomic mass is 9.95. The molecule has 0 atom stereocenters. The van der Waals surface area contributed by atoms with Gasteiger partial charge in [-0.15, -0.1) is 11.3 Å². The number of rotatable bonds is 3. The number of hydrogen-bond donors (Lipinski definition) is 0. The highest BCUT2D eigenvalue weighted by Gasteiger charge is 2.26. The summed E-state index contributed by atoms with van der Waals surface area (Å²) in [5.74, 6) is 0. The van der Waals surface area contributed by atoms with Crippen LogP contribution in [0.25, 0.3) is 119 Å². The largest absolute Gasteiger partial charge is 0.456 e. The fraction of sp³-hybridized carbons (Fsp3) is 0. The van der Waals surface area contributed by atoms with Crippen LogP contribution in [0.2, 0.25) is 0 Å². The van der Waals surface area contributed by atoms with Crippen LogP contribution < -0.4 is 0 Å². The molecule has 0 fully saturated rings. The van der Waals surface area contributed by atoms with Crippen LogP contribution in [0.5, 0.6) is 0 Å². The Labute approximate surface area is 300 Å². The van der Waals surface area contributed by atoms with Gasteiger partial charge in [0.2, 0.25) is 0 Å². The van der Waals surface area contributed by atoms with E-state index in [0.717, 1.165) is 27.6 Å². The first-order valence-electron chi connectivity index (χ1n) is 17.8. The van der Waals surface area contributed by atoms with Crippen molar-refractivity contribution in [2.24, 2.45) is 0 Å². The number of benzene rings is 8. The Kier molecular flexibility index (Phi) is 5.00. The molecule has 3 nitrogen and oxygen atoms in total. The Morgan fingerprint density at radius 1 is 0.365 bits per heavy atom. The summed E-state index contributed by atoms with van der Waals surface area (Å²) < 4.78 is 13.9. The summed E-state index contributed by atoms with van der Waals surface area (Å²) in [6.07, 6.45) is 0. The van der Waals surface area contributed by atoms with Crippen molar-refractivity contribution in [3.8, 4) is 22.5 Å². The highest BCUT2D eigenvalue weighted by atomic mass is 32.1. The molecule has 0 radical (unpaired) electrons. The maximum absolute atomic E-state index is 6.31. The highest BCUT2D eigenvalue weighted by Crippen LogP contribution is 2.51. The molecule has 4 heteroatoms. The molecule has 0 amide bonds. The van der Waals surface area contributed by atoms with Crippen LogP contribution in [0.4, 0.5) is 0 Å². The number of para-hydroxylation sites is 2. The van der Waals surface area contributed by atoms with Gasteiger partial charge >= 0.3 is 0 Å². The predicted molar refractivity (Wildman–Crippen MR) is 221 cm³/mol. The van der Waals surface area contributed by atoms with Gasteiger partial charge in [-0.2, -0.15) is 0 Å². The summed E-state index contributed by atoms with van der Waals surface area (Å²) in [5.41, 5.74) is 11.4. The van der Waals surface area contributed by atoms with E-state index in [-0.39, 0.29) is 0 Å². The first kappa shape index (κ1) is 27.1. The minimum absolute atomic E-state index is 0.912. The van der Waals surface area contributed by atoms with Crippen molar-refractivity contribution in [3.63, 3.8) is 0 Å². The molecule has 0 saturated carbocycles. The molecule has 9 aromatic carbocycles. The molecule has 0 aliphatic carbocycles. The Hall–Kier alpha value is -6.62. The van der Waals surface area contributed by atoms with Crippen molar-refractivity contribution in [2.45, 2.75) is 0 Å². The van der Waals surface area contributed by atoms with Crippen molar-refractivity contribution >= 4 is 108 Å². The van der Waals surface area contributed by atoms with E-state index in [1.807, 2.05) is 17.4 Å². The Balaban J connectivity index is 1.22. The van der Waals surface area contributed by atoms with Gasteiger partial charge in [-0.25, -0.2) is 0 Å². The molecule has 0 bridgehead atoms. The average molecular weight is 679 g/mol. The topological polar surface area (TPSA) is 23.0 Å². The molecule has 0 aliphatic heterocycles. The molecule has 4 aromatic heterocycles. The Bertz CT molecular complexity index is 3580. The van der Waals surface area contributed by atoms with Crippen LogP contribution in [0, 0.1) is 0 Å². The number of fused-ring (bicyclic) bond motifs is 4. The zero-order valence-corrected chi connectivity index (χ0v) is 28.5. The molecule has 0 spiro atoms. The molecular formula is C48H26N2OS. The molecule has 0 N–H and O–H groups in total. The van der Waals surface area contributed by atoms with Gasteiger partial charge in [0.05, 0.1) is 22.1 Å². The fourth-order valence-electron chi connectivity index (χ4n) is 9.46. The van der Waals surface area contributed by atoms with Crippen molar-refractivity contribution in [2.75, 3.05) is 0 Å². The Morgan fingerprint density at radius 3 is 1.85 bits per heavy atom. The zero-order chi connectivity index (χ0) is 33.7. The first-order valence-corrected chi connectivity index (χ1v) is 18.6. The quantitative estimate of drug-likeness (QED) is 0.182. The zero-order valence-electron chi connectivity index (χ0n) is 27.7. The van der Waals surface area contributed by atoms with Crippen LogP contribution in [-0.4, -0.2) is 9.13 Å². The molecule has 0 saturated heterocycles. The van der Waals surface area contributed by atoms with Gasteiger partial charge in [-0.3, -0.25) is 0 Å². The van der Waals surface area contributed by atoms with Crippen LogP contribution in [-0.2, 0) is 0 Å². The van der Waals surface area contributed by atoms with E-state index < -0.39 is 0 Å². The number of hydrogen-bond acceptors (Lipinski definition) is 2. The first-order chi connectivity index (χ1) is 25.8. The van der Waals surface area contributed by atoms with Gasteiger partial charge < -0.3 is 13.6 Å². The second-order valence-electron chi connectivity index (χ2n) is 14.0. The third kappa shape index (κ3) is 3.27. The number of furan rings is 1. The monoisotopic (exact) mass is 678 g/mol. The van der Waals surface area contributed by atoms with Gasteiger partial charge in [0, 0.05) is 63.9 Å². The normalized spacial score (nSPS) is 12.6. The Morgan fingerprint density at radius 2 is 0.962 bits per heavy atom. The minimum Gasteiger partial charge on any atom is -0.456 e. The number of nitrogens with zero attached hydrogens (tertiary/aromatic N) is 2. The fourth-order valence-corrected chi connectivity index (χ4v) is 10.6. The van der Waals surface area contributed by atoms with Gasteiger partial charge in [0.25, 0.3) is 0 Å². The molecule has 52 heavy (non-hydrogen) atoms. The van der Waals surface area contributed by atoms with Crippen molar-refractivity contribution in [1.29, 1.82) is 0 Å². The summed E-state index contributed by atoms with van der Waals surface area (Å²) in [4.78, 5) is 0. The molecule has 13 aromatic rings. The SMILES string of the molecule is c1ccc(-n2c3cccc4c5cccc6sc7ccc8c(c7c65)c5c(c43)c2ccc5n8-c2cccc(-c3cccc4oc5ccccc5c34)c2)cc1. The highest BCUT2D eigenvalue weighted by molar-refractivity contribution is 7.26. The van der Waals surface area contributed by atoms with E-state index in [1.165, 1.54) is 91.4 Å². The summed E-state index contributed by atoms with van der Waals surface area (Å²) in [5, 5.41) is 12.9. The average Bonchev–Trinajstić information content (AvgIpc) is 3.94. The van der Waals surface area contributed by atoms with E-state index in [0.29, 0.717) is 0 Å². The van der Waals surface area contributed by atoms with Crippen molar-refractivity contribution in [3.05, 3.63) is 158 Å². The molecular weight excluding hydrogens is 653 g/mol. The van der Waals surface area contributed by atoms with E-state index in [9.17, 15) is 0 Å². The van der Waals surface area contributed by atoms with Crippen LogP contribution in [0.3, 0.4) is 0 Å². The summed E-state index contributed by atoms with van der Waals surface area (Å²) in [6, 6.07) is 57.8. The lowest BCUT2D eigenvalue weighted by molar-refractivity contribution is 0.669. The maximum atomic E-state index is 6.31. The standard InChI is InChI=1S/C48H26N2OS/c1-2-11-28(12-3-1)49-34-18-7-16-31-32-17-9-21-40-44(32)48-41(52-40)25-24-37-47(48)46-36(23-22-35(49)45(46)43(31)34)50(37)29-13-6-10-27(26-29)30-15-8-20-39-42(30)33-14-4-5-19-38(33)51-39/h1-26H. The molecule has 240 valence electrons. The maximum Gasteiger partial charge on any atom is 0.136 e. The van der Waals surface area contributed by atoms with E-state index in [4.69, 9.17) is 4.42 Å². The smallest absolute Gasteiger partial charge is 0.136 e. The van der Waals surface area contributed by atoms with Gasteiger partial charge in [-0.1, -0.05) is 84.9 Å². The summed E-state index contributed by atoms with van der Waals surface area (Å²) in [7, 11) is 0. The van der Waals surface area contributed by atoms with Gasteiger partial charge in [-0.05, 0) is 94.7 Å².